The van der Waals surface area contributed by atoms with Crippen LogP contribution in [0.4, 0.5) is 17.3 Å². The van der Waals surface area contributed by atoms with Crippen molar-refractivity contribution >= 4 is 56.4 Å². The number of hydrogen-bond acceptors (Lipinski definition) is 8. The van der Waals surface area contributed by atoms with Gasteiger partial charge < -0.3 is 16.0 Å². The summed E-state index contributed by atoms with van der Waals surface area (Å²) in [6.45, 7) is 1.06. The highest BCUT2D eigenvalue weighted by Crippen LogP contribution is 2.37. The molecule has 5 rings (SSSR count). The second kappa shape index (κ2) is 7.51. The van der Waals surface area contributed by atoms with E-state index in [0.29, 0.717) is 41.9 Å². The van der Waals surface area contributed by atoms with Crippen LogP contribution < -0.4 is 11.1 Å². The number of nitrogen functional groups attached to an aromatic ring is 1. The lowest BCUT2D eigenvalue weighted by molar-refractivity contribution is 0.0738. The number of anilines is 3. The topological polar surface area (TPSA) is 110 Å². The zero-order chi connectivity index (χ0) is 20.7. The minimum atomic E-state index is -0.118. The molecule has 0 saturated carbocycles. The van der Waals surface area contributed by atoms with Crippen molar-refractivity contribution in [3.63, 3.8) is 0 Å². The molecule has 0 radical (unpaired) electrons. The molecule has 1 aliphatic heterocycles. The molecule has 0 atom stereocenters. The van der Waals surface area contributed by atoms with Crippen molar-refractivity contribution in [2.24, 2.45) is 0 Å². The number of carbonyl (C=O) groups is 1. The first-order chi connectivity index (χ1) is 14.6. The molecule has 0 saturated heterocycles. The smallest absolute Gasteiger partial charge is 0.257 e. The van der Waals surface area contributed by atoms with Crippen molar-refractivity contribution in [1.82, 2.24) is 24.8 Å². The van der Waals surface area contributed by atoms with Gasteiger partial charge in [0.15, 0.2) is 0 Å². The molecule has 10 heteroatoms. The van der Waals surface area contributed by atoms with Gasteiger partial charge in [-0.05, 0) is 36.2 Å². The number of carbonyl (C=O) groups excluding carboxylic acids is 1. The number of nitrogens with two attached hydrogens (primary N) is 1. The number of amides is 1. The highest BCUT2D eigenvalue weighted by Gasteiger charge is 2.28. The number of nitrogens with zero attached hydrogens (tertiary/aromatic N) is 5. The summed E-state index contributed by atoms with van der Waals surface area (Å²) in [5.74, 6) is 0.771. The van der Waals surface area contributed by atoms with Crippen molar-refractivity contribution in [3.8, 4) is 0 Å². The van der Waals surface area contributed by atoms with Gasteiger partial charge >= 0.3 is 0 Å². The summed E-state index contributed by atoms with van der Waals surface area (Å²) in [5, 5.41) is 4.36. The Kier molecular flexibility index (Phi) is 4.68. The van der Waals surface area contributed by atoms with Gasteiger partial charge in [0, 0.05) is 17.6 Å². The van der Waals surface area contributed by atoms with Gasteiger partial charge in [-0.15, -0.1) is 11.3 Å². The predicted octanol–water partition coefficient (Wildman–Crippen LogP) is 3.66. The molecule has 150 valence electrons. The van der Waals surface area contributed by atoms with E-state index in [1.165, 1.54) is 6.33 Å². The Morgan fingerprint density at radius 1 is 1.27 bits per heavy atom. The zero-order valence-corrected chi connectivity index (χ0v) is 17.2. The summed E-state index contributed by atoms with van der Waals surface area (Å²) < 4.78 is 0. The van der Waals surface area contributed by atoms with E-state index < -0.39 is 0 Å². The monoisotopic (exact) mass is 437 g/mol. The number of hydrogen-bond donors (Lipinski definition) is 2. The first-order valence-electron chi connectivity index (χ1n) is 9.24. The van der Waals surface area contributed by atoms with Crippen LogP contribution in [-0.2, 0) is 13.0 Å². The van der Waals surface area contributed by atoms with Crippen molar-refractivity contribution in [2.75, 3.05) is 17.6 Å². The minimum absolute atomic E-state index is 0.118. The Morgan fingerprint density at radius 2 is 2.17 bits per heavy atom. The highest BCUT2D eigenvalue weighted by atomic mass is 35.5. The maximum absolute atomic E-state index is 13.4. The van der Waals surface area contributed by atoms with Crippen molar-refractivity contribution in [2.45, 2.75) is 13.0 Å². The van der Waals surface area contributed by atoms with Crippen molar-refractivity contribution < 1.29 is 4.79 Å². The van der Waals surface area contributed by atoms with Crippen LogP contribution in [0.5, 0.6) is 0 Å². The van der Waals surface area contributed by atoms with Crippen molar-refractivity contribution in [1.29, 1.82) is 0 Å². The molecule has 8 nitrogen and oxygen atoms in total. The van der Waals surface area contributed by atoms with Crippen LogP contribution >= 0.6 is 22.9 Å². The van der Waals surface area contributed by atoms with Gasteiger partial charge in [-0.1, -0.05) is 11.6 Å². The Morgan fingerprint density at radius 3 is 3.00 bits per heavy atom. The third-order valence-electron chi connectivity index (χ3n) is 4.97. The molecule has 3 N–H and O–H groups in total. The van der Waals surface area contributed by atoms with Gasteiger partial charge in [-0.3, -0.25) is 9.78 Å². The first kappa shape index (κ1) is 18.7. The van der Waals surface area contributed by atoms with E-state index in [1.54, 1.807) is 46.8 Å². The van der Waals surface area contributed by atoms with Crippen LogP contribution in [0.25, 0.3) is 10.2 Å². The van der Waals surface area contributed by atoms with E-state index in [1.807, 2.05) is 6.07 Å². The van der Waals surface area contributed by atoms with E-state index in [0.717, 1.165) is 26.3 Å². The molecule has 1 amide bonds. The molecule has 0 aromatic carbocycles. The maximum atomic E-state index is 13.4. The lowest BCUT2D eigenvalue weighted by Crippen LogP contribution is -2.35. The number of rotatable bonds is 3. The Bertz CT molecular complexity index is 1260. The van der Waals surface area contributed by atoms with E-state index >= 15 is 0 Å². The number of nitrogens with one attached hydrogen (secondary N) is 1. The lowest BCUT2D eigenvalue weighted by atomic mass is 10.0. The van der Waals surface area contributed by atoms with Crippen LogP contribution in [0.15, 0.2) is 43.0 Å². The molecule has 30 heavy (non-hydrogen) atoms. The molecule has 5 heterocycles. The second-order valence-corrected chi connectivity index (χ2v) is 8.29. The summed E-state index contributed by atoms with van der Waals surface area (Å²) in [5.41, 5.74) is 8.37. The molecule has 4 aromatic heterocycles. The third kappa shape index (κ3) is 3.31. The van der Waals surface area contributed by atoms with E-state index in [-0.39, 0.29) is 5.91 Å². The lowest BCUT2D eigenvalue weighted by Gasteiger charge is -2.27. The minimum Gasteiger partial charge on any atom is -0.383 e. The highest BCUT2D eigenvalue weighted by molar-refractivity contribution is 7.19. The number of pyridine rings is 2. The molecule has 0 spiro atoms. The predicted molar refractivity (Wildman–Crippen MR) is 117 cm³/mol. The Balaban J connectivity index is 1.46. The van der Waals surface area contributed by atoms with Crippen LogP contribution in [-0.4, -0.2) is 37.3 Å². The summed E-state index contributed by atoms with van der Waals surface area (Å²) >= 11 is 7.64. The molecular weight excluding hydrogens is 422 g/mol. The van der Waals surface area contributed by atoms with Gasteiger partial charge in [0.25, 0.3) is 5.91 Å². The summed E-state index contributed by atoms with van der Waals surface area (Å²) in [6.07, 6.45) is 5.51. The summed E-state index contributed by atoms with van der Waals surface area (Å²) in [6, 6.07) is 6.96. The average Bonchev–Trinajstić information content (AvgIpc) is 3.13. The Labute approximate surface area is 180 Å². The van der Waals surface area contributed by atoms with Gasteiger partial charge in [-0.2, -0.15) is 0 Å². The number of fused-ring (bicyclic) bond motifs is 3. The van der Waals surface area contributed by atoms with Crippen LogP contribution in [0, 0.1) is 0 Å². The molecule has 0 unspecified atom stereocenters. The molecule has 0 aliphatic carbocycles. The third-order valence-corrected chi connectivity index (χ3v) is 6.30. The van der Waals surface area contributed by atoms with Crippen LogP contribution in [0.2, 0.25) is 5.15 Å². The van der Waals surface area contributed by atoms with E-state index in [4.69, 9.17) is 17.3 Å². The molecule has 4 aromatic rings. The average molecular weight is 438 g/mol. The fourth-order valence-electron chi connectivity index (χ4n) is 3.57. The molecule has 1 aliphatic rings. The number of thiophene rings is 1. The van der Waals surface area contributed by atoms with Crippen LogP contribution in [0.3, 0.4) is 0 Å². The number of aromatic nitrogens is 4. The second-order valence-electron chi connectivity index (χ2n) is 6.82. The van der Waals surface area contributed by atoms with E-state index in [2.05, 4.69) is 25.3 Å². The Hall–Kier alpha value is -3.30. The molecule has 0 bridgehead atoms. The fraction of sp³-hybridized carbons (Fsp3) is 0.150. The van der Waals surface area contributed by atoms with Gasteiger partial charge in [0.1, 0.15) is 27.9 Å². The largest absolute Gasteiger partial charge is 0.383 e. The fourth-order valence-corrected chi connectivity index (χ4v) is 4.93. The SMILES string of the molecule is Nc1ncnc2sc3c(c12)CCN(C(=O)c1ccc(Cl)nc1Nc1cccnc1)C3. The first-order valence-corrected chi connectivity index (χ1v) is 10.4. The van der Waals surface area contributed by atoms with Gasteiger partial charge in [0.2, 0.25) is 0 Å². The van der Waals surface area contributed by atoms with Gasteiger partial charge in [-0.25, -0.2) is 15.0 Å². The maximum Gasteiger partial charge on any atom is 0.257 e. The molecular formula is C20H16ClN7OS. The summed E-state index contributed by atoms with van der Waals surface area (Å²) in [7, 11) is 0. The standard InChI is InChI=1S/C20H16ClN7OS/c21-15-4-3-13(18(27-15)26-11-2-1-6-23-8-11)20(29)28-7-5-12-14(9-28)30-19-16(12)17(22)24-10-25-19/h1-4,6,8,10H,5,7,9H2,(H,26,27)(H2,22,24,25). The van der Waals surface area contributed by atoms with Crippen molar-refractivity contribution in [3.05, 3.63) is 64.1 Å². The van der Waals surface area contributed by atoms with Gasteiger partial charge in [0.05, 0.1) is 29.4 Å². The van der Waals surface area contributed by atoms with Crippen LogP contribution in [0.1, 0.15) is 20.8 Å². The normalized spacial score (nSPS) is 13.3. The quantitative estimate of drug-likeness (QED) is 0.470. The zero-order valence-electron chi connectivity index (χ0n) is 15.7. The van der Waals surface area contributed by atoms with E-state index in [9.17, 15) is 4.79 Å². The summed E-state index contributed by atoms with van der Waals surface area (Å²) in [4.78, 5) is 33.9. The number of halogens is 1. The molecule has 0 fully saturated rings.